The van der Waals surface area contributed by atoms with Gasteiger partial charge in [-0.2, -0.15) is 0 Å². The molecule has 1 aromatic carbocycles. The number of nitrogens with zero attached hydrogens (tertiary/aromatic N) is 3. The summed E-state index contributed by atoms with van der Waals surface area (Å²) in [7, 11) is 1.37. The maximum absolute atomic E-state index is 14.4. The molecule has 2 aliphatic rings. The number of aliphatic carboxylic acids is 1. The number of hydrogen-bond acceptors (Lipinski definition) is 5. The van der Waals surface area contributed by atoms with Gasteiger partial charge in [-0.3, -0.25) is 9.59 Å². The number of nitrogens with one attached hydrogen (secondary N) is 1. The summed E-state index contributed by atoms with van der Waals surface area (Å²) in [5, 5.41) is 13.0. The maximum atomic E-state index is 14.4. The maximum Gasteiger partial charge on any atom is 0.305 e. The number of pyridine rings is 1. The van der Waals surface area contributed by atoms with Crippen molar-refractivity contribution in [2.75, 3.05) is 19.0 Å². The van der Waals surface area contributed by atoms with Crippen molar-refractivity contribution < 1.29 is 23.8 Å². The monoisotopic (exact) mass is 492 g/mol. The van der Waals surface area contributed by atoms with Crippen molar-refractivity contribution in [1.29, 1.82) is 0 Å². The average molecular weight is 493 g/mol. The second kappa shape index (κ2) is 10.0. The zero-order valence-corrected chi connectivity index (χ0v) is 20.1. The molecule has 8 nitrogen and oxygen atoms in total. The van der Waals surface area contributed by atoms with E-state index in [0.717, 1.165) is 37.1 Å². The Morgan fingerprint density at radius 3 is 2.94 bits per heavy atom. The highest BCUT2D eigenvalue weighted by atomic mass is 19.1. The number of rotatable bonds is 8. The molecule has 2 atom stereocenters. The van der Waals surface area contributed by atoms with Gasteiger partial charge in [0.25, 0.3) is 5.91 Å². The van der Waals surface area contributed by atoms with Crippen LogP contribution in [0.3, 0.4) is 0 Å². The summed E-state index contributed by atoms with van der Waals surface area (Å²) >= 11 is 0. The molecule has 188 valence electrons. The Balaban J connectivity index is 1.30. The van der Waals surface area contributed by atoms with Crippen LogP contribution in [0.2, 0.25) is 0 Å². The van der Waals surface area contributed by atoms with Gasteiger partial charge >= 0.3 is 5.97 Å². The minimum atomic E-state index is -1.05. The van der Waals surface area contributed by atoms with Crippen LogP contribution in [0.15, 0.2) is 48.8 Å². The van der Waals surface area contributed by atoms with Gasteiger partial charge in [-0.15, -0.1) is 0 Å². The molecule has 5 rings (SSSR count). The SMILES string of the molecule is COc1ccc(C(CC(=O)O)N2CCn3cc(CCC4CCc5cccnc5N4)cc3C2=O)cc1F. The van der Waals surface area contributed by atoms with Crippen LogP contribution in [0.25, 0.3) is 0 Å². The second-order valence-electron chi connectivity index (χ2n) is 9.36. The fourth-order valence-electron chi connectivity index (χ4n) is 5.22. The van der Waals surface area contributed by atoms with Gasteiger partial charge in [-0.05, 0) is 66.6 Å². The molecule has 0 saturated carbocycles. The van der Waals surface area contributed by atoms with Crippen LogP contribution in [0, 0.1) is 5.82 Å². The van der Waals surface area contributed by atoms with E-state index in [1.807, 2.05) is 22.9 Å². The van der Waals surface area contributed by atoms with Crippen LogP contribution in [-0.4, -0.2) is 51.1 Å². The molecule has 0 aliphatic carbocycles. The van der Waals surface area contributed by atoms with Gasteiger partial charge in [0.15, 0.2) is 11.6 Å². The van der Waals surface area contributed by atoms with E-state index in [-0.39, 0.29) is 18.1 Å². The third kappa shape index (κ3) is 4.78. The minimum absolute atomic E-state index is 0.0723. The first kappa shape index (κ1) is 23.8. The smallest absolute Gasteiger partial charge is 0.305 e. The average Bonchev–Trinajstić information content (AvgIpc) is 3.30. The van der Waals surface area contributed by atoms with Crippen molar-refractivity contribution in [3.8, 4) is 5.75 Å². The van der Waals surface area contributed by atoms with Crippen LogP contribution in [0.5, 0.6) is 5.75 Å². The number of fused-ring (bicyclic) bond motifs is 2. The lowest BCUT2D eigenvalue weighted by Gasteiger charge is -2.35. The summed E-state index contributed by atoms with van der Waals surface area (Å²) < 4.78 is 21.3. The van der Waals surface area contributed by atoms with Crippen LogP contribution < -0.4 is 10.1 Å². The van der Waals surface area contributed by atoms with E-state index in [2.05, 4.69) is 16.4 Å². The van der Waals surface area contributed by atoms with E-state index in [4.69, 9.17) is 4.74 Å². The highest BCUT2D eigenvalue weighted by molar-refractivity contribution is 5.94. The molecule has 3 aromatic rings. The Labute approximate surface area is 208 Å². The lowest BCUT2D eigenvalue weighted by molar-refractivity contribution is -0.138. The van der Waals surface area contributed by atoms with Crippen molar-refractivity contribution in [1.82, 2.24) is 14.5 Å². The van der Waals surface area contributed by atoms with Gasteiger partial charge in [0.2, 0.25) is 0 Å². The molecule has 2 aliphatic heterocycles. The van der Waals surface area contributed by atoms with Gasteiger partial charge in [0.05, 0.1) is 19.6 Å². The number of carboxylic acids is 1. The fourth-order valence-corrected chi connectivity index (χ4v) is 5.22. The zero-order valence-electron chi connectivity index (χ0n) is 20.1. The molecule has 2 unspecified atom stereocenters. The van der Waals surface area contributed by atoms with Crippen molar-refractivity contribution in [3.63, 3.8) is 0 Å². The Morgan fingerprint density at radius 2 is 2.17 bits per heavy atom. The summed E-state index contributed by atoms with van der Waals surface area (Å²) in [5.74, 6) is -0.863. The van der Waals surface area contributed by atoms with Gasteiger partial charge < -0.3 is 24.6 Å². The van der Waals surface area contributed by atoms with E-state index < -0.39 is 17.8 Å². The highest BCUT2D eigenvalue weighted by Gasteiger charge is 2.33. The molecule has 0 fully saturated rings. The molecule has 0 radical (unpaired) electrons. The molecular weight excluding hydrogens is 463 g/mol. The quantitative estimate of drug-likeness (QED) is 0.492. The molecule has 1 amide bonds. The Morgan fingerprint density at radius 1 is 1.31 bits per heavy atom. The van der Waals surface area contributed by atoms with Crippen molar-refractivity contribution in [3.05, 3.63) is 77.0 Å². The number of hydrogen-bond donors (Lipinski definition) is 2. The molecule has 9 heteroatoms. The van der Waals surface area contributed by atoms with E-state index in [9.17, 15) is 19.1 Å². The predicted molar refractivity (Wildman–Crippen MR) is 132 cm³/mol. The fraction of sp³-hybridized carbons (Fsp3) is 0.370. The lowest BCUT2D eigenvalue weighted by atomic mass is 9.96. The third-order valence-electron chi connectivity index (χ3n) is 7.10. The third-order valence-corrected chi connectivity index (χ3v) is 7.10. The number of methoxy groups -OCH3 is 1. The summed E-state index contributed by atoms with van der Waals surface area (Å²) in [6.45, 7) is 0.896. The standard InChI is InChI=1S/C27H29FN4O4/c1-36-24-9-6-19(14-21(24)28)22(15-25(33)34)32-12-11-31-16-17(13-23(31)27(32)35)4-7-20-8-5-18-3-2-10-29-26(18)30-20/h2-3,6,9-10,13-14,16,20,22H,4-5,7-8,11-12,15H2,1H3,(H,29,30)(H,33,34). The van der Waals surface area contributed by atoms with Crippen LogP contribution >= 0.6 is 0 Å². The summed E-state index contributed by atoms with van der Waals surface area (Å²) in [4.78, 5) is 31.1. The molecular formula is C27H29FN4O4. The molecule has 4 heterocycles. The lowest BCUT2D eigenvalue weighted by Crippen LogP contribution is -2.43. The molecule has 2 aromatic heterocycles. The van der Waals surface area contributed by atoms with E-state index in [1.165, 1.54) is 24.8 Å². The van der Waals surface area contributed by atoms with Crippen LogP contribution in [-0.2, 0) is 24.2 Å². The number of carbonyl (C=O) groups is 2. The van der Waals surface area contributed by atoms with Crippen LogP contribution in [0.1, 0.15) is 52.5 Å². The Bertz CT molecular complexity index is 1290. The number of aryl methyl sites for hydroxylation is 2. The Hall–Kier alpha value is -3.88. The number of anilines is 1. The number of benzene rings is 1. The first-order valence-electron chi connectivity index (χ1n) is 12.2. The number of carbonyl (C=O) groups excluding carboxylic acids is 1. The van der Waals surface area contributed by atoms with Gasteiger partial charge in [0.1, 0.15) is 11.5 Å². The van der Waals surface area contributed by atoms with Gasteiger partial charge in [-0.25, -0.2) is 9.37 Å². The topological polar surface area (TPSA) is 96.7 Å². The summed E-state index contributed by atoms with van der Waals surface area (Å²) in [6, 6.07) is 9.83. The summed E-state index contributed by atoms with van der Waals surface area (Å²) in [5.41, 5.74) is 3.27. The molecule has 0 saturated heterocycles. The first-order valence-corrected chi connectivity index (χ1v) is 12.2. The van der Waals surface area contributed by atoms with Crippen molar-refractivity contribution >= 4 is 17.7 Å². The second-order valence-corrected chi connectivity index (χ2v) is 9.36. The predicted octanol–water partition coefficient (Wildman–Crippen LogP) is 4.06. The highest BCUT2D eigenvalue weighted by Crippen LogP contribution is 2.32. The van der Waals surface area contributed by atoms with Crippen LogP contribution in [0.4, 0.5) is 10.2 Å². The van der Waals surface area contributed by atoms with E-state index >= 15 is 0 Å². The number of aromatic nitrogens is 2. The van der Waals surface area contributed by atoms with E-state index in [1.54, 1.807) is 17.2 Å². The number of amides is 1. The number of carboxylic acid groups (broad SMARTS) is 1. The Kier molecular flexibility index (Phi) is 6.63. The normalized spacial score (nSPS) is 17.7. The number of halogens is 1. The van der Waals surface area contributed by atoms with Crippen molar-refractivity contribution in [2.45, 2.75) is 50.7 Å². The zero-order chi connectivity index (χ0) is 25.2. The van der Waals surface area contributed by atoms with Gasteiger partial charge in [-0.1, -0.05) is 12.1 Å². The van der Waals surface area contributed by atoms with E-state index in [0.29, 0.717) is 30.4 Å². The first-order chi connectivity index (χ1) is 17.4. The summed E-state index contributed by atoms with van der Waals surface area (Å²) in [6.07, 6.45) is 7.27. The molecule has 0 bridgehead atoms. The van der Waals surface area contributed by atoms with Crippen molar-refractivity contribution in [2.24, 2.45) is 0 Å². The minimum Gasteiger partial charge on any atom is -0.494 e. The number of ether oxygens (including phenoxy) is 1. The van der Waals surface area contributed by atoms with Gasteiger partial charge in [0, 0.05) is 31.5 Å². The molecule has 2 N–H and O–H groups in total. The largest absolute Gasteiger partial charge is 0.494 e. The molecule has 36 heavy (non-hydrogen) atoms. The molecule has 0 spiro atoms.